The van der Waals surface area contributed by atoms with Crippen LogP contribution in [0.4, 0.5) is 5.82 Å². The van der Waals surface area contributed by atoms with Crippen molar-refractivity contribution in [2.45, 2.75) is 0 Å². The molecule has 2 heterocycles. The Balaban J connectivity index is 2.09. The normalized spacial score (nSPS) is 10.8. The van der Waals surface area contributed by atoms with E-state index in [2.05, 4.69) is 4.98 Å². The Morgan fingerprint density at radius 3 is 2.12 bits per heavy atom. The summed E-state index contributed by atoms with van der Waals surface area (Å²) < 4.78 is 0.846. The van der Waals surface area contributed by atoms with Crippen molar-refractivity contribution in [1.29, 1.82) is 0 Å². The quantitative estimate of drug-likeness (QED) is 0.452. The van der Waals surface area contributed by atoms with Gasteiger partial charge in [0.1, 0.15) is 11.3 Å². The number of aromatic nitrogens is 2. The lowest BCUT2D eigenvalue weighted by Gasteiger charge is -2.11. The van der Waals surface area contributed by atoms with Crippen molar-refractivity contribution in [3.05, 3.63) is 84.2 Å². The molecule has 0 atom stereocenters. The Morgan fingerprint density at radius 2 is 1.46 bits per heavy atom. The highest BCUT2D eigenvalue weighted by molar-refractivity contribution is 6.00. The molecule has 0 radical (unpaired) electrons. The van der Waals surface area contributed by atoms with E-state index in [1.807, 2.05) is 66.7 Å². The molecule has 4 aromatic rings. The second-order valence-electron chi connectivity index (χ2n) is 5.58. The number of rotatable bonds is 2. The van der Waals surface area contributed by atoms with Crippen LogP contribution in [0.5, 0.6) is 0 Å². The van der Waals surface area contributed by atoms with Gasteiger partial charge in [0.2, 0.25) is 5.69 Å². The van der Waals surface area contributed by atoms with Crippen molar-refractivity contribution in [1.82, 2.24) is 4.98 Å². The molecule has 116 valence electrons. The van der Waals surface area contributed by atoms with E-state index in [0.29, 0.717) is 17.0 Å². The van der Waals surface area contributed by atoms with Crippen LogP contribution in [0, 0.1) is 5.21 Å². The first-order valence-electron chi connectivity index (χ1n) is 7.67. The number of benzene rings is 2. The minimum Gasteiger partial charge on any atom is -0.618 e. The number of fused-ring (bicyclic) bond motifs is 1. The van der Waals surface area contributed by atoms with Gasteiger partial charge in [-0.05, 0) is 29.3 Å². The molecule has 2 aromatic heterocycles. The van der Waals surface area contributed by atoms with Gasteiger partial charge in [0.25, 0.3) is 0 Å². The van der Waals surface area contributed by atoms with E-state index in [9.17, 15) is 5.21 Å². The molecule has 2 aromatic carbocycles. The molecule has 0 spiro atoms. The van der Waals surface area contributed by atoms with Crippen molar-refractivity contribution in [2.24, 2.45) is 0 Å². The molecule has 0 unspecified atom stereocenters. The topological polar surface area (TPSA) is 65.8 Å². The summed E-state index contributed by atoms with van der Waals surface area (Å²) in [5, 5.41) is 13.3. The van der Waals surface area contributed by atoms with Crippen LogP contribution >= 0.6 is 0 Å². The largest absolute Gasteiger partial charge is 0.618 e. The summed E-state index contributed by atoms with van der Waals surface area (Å²) in [6, 6.07) is 23.1. The first kappa shape index (κ1) is 14.2. The molecule has 0 saturated heterocycles. The summed E-state index contributed by atoms with van der Waals surface area (Å²) in [4.78, 5) is 4.46. The molecule has 4 heteroatoms. The summed E-state index contributed by atoms with van der Waals surface area (Å²) in [6.45, 7) is 0. The number of pyridine rings is 2. The monoisotopic (exact) mass is 313 g/mol. The van der Waals surface area contributed by atoms with Gasteiger partial charge in [0.05, 0.1) is 0 Å². The van der Waals surface area contributed by atoms with Crippen molar-refractivity contribution in [2.75, 3.05) is 5.73 Å². The van der Waals surface area contributed by atoms with Crippen LogP contribution in [0.3, 0.4) is 0 Å². The van der Waals surface area contributed by atoms with Crippen LogP contribution in [0.1, 0.15) is 0 Å². The maximum atomic E-state index is 12.4. The minimum atomic E-state index is 0.393. The zero-order valence-corrected chi connectivity index (χ0v) is 12.9. The van der Waals surface area contributed by atoms with Gasteiger partial charge in [-0.15, -0.1) is 0 Å². The van der Waals surface area contributed by atoms with Crippen LogP contribution in [0.25, 0.3) is 33.3 Å². The van der Waals surface area contributed by atoms with Crippen molar-refractivity contribution >= 4 is 16.7 Å². The number of hydrogen-bond donors (Lipinski definition) is 1. The SMILES string of the molecule is Nc1cc(-c2ccccc2)c2cc[n+]([O-])c(-c3ccccc3)c2n1. The third kappa shape index (κ3) is 2.34. The molecule has 0 aliphatic rings. The van der Waals surface area contributed by atoms with Crippen molar-refractivity contribution in [3.8, 4) is 22.4 Å². The molecule has 0 aliphatic heterocycles. The average molecular weight is 313 g/mol. The van der Waals surface area contributed by atoms with E-state index < -0.39 is 0 Å². The third-order valence-corrected chi connectivity index (χ3v) is 4.03. The molecule has 24 heavy (non-hydrogen) atoms. The van der Waals surface area contributed by atoms with Crippen LogP contribution in [0.2, 0.25) is 0 Å². The van der Waals surface area contributed by atoms with Gasteiger partial charge in [-0.2, -0.15) is 4.73 Å². The fourth-order valence-electron chi connectivity index (χ4n) is 2.96. The number of nitrogens with zero attached hydrogens (tertiary/aromatic N) is 2. The van der Waals surface area contributed by atoms with E-state index in [1.165, 1.54) is 6.20 Å². The molecule has 4 rings (SSSR count). The summed E-state index contributed by atoms with van der Waals surface area (Å²) >= 11 is 0. The maximum absolute atomic E-state index is 12.4. The fraction of sp³-hybridized carbons (Fsp3) is 0. The van der Waals surface area contributed by atoms with E-state index in [4.69, 9.17) is 5.73 Å². The van der Waals surface area contributed by atoms with Crippen LogP contribution < -0.4 is 10.5 Å². The summed E-state index contributed by atoms with van der Waals surface area (Å²) in [7, 11) is 0. The molecule has 4 nitrogen and oxygen atoms in total. The number of nitrogen functional groups attached to an aromatic ring is 1. The summed E-state index contributed by atoms with van der Waals surface area (Å²) in [6.07, 6.45) is 1.52. The van der Waals surface area contributed by atoms with Gasteiger partial charge >= 0.3 is 0 Å². The molecule has 0 bridgehead atoms. The summed E-state index contributed by atoms with van der Waals surface area (Å²) in [5.74, 6) is 0.393. The highest BCUT2D eigenvalue weighted by Crippen LogP contribution is 2.32. The standard InChI is InChI=1S/C20H15N3O/c21-18-13-17(14-7-3-1-4-8-14)16-11-12-23(24)20(19(16)22-18)15-9-5-2-6-10-15/h1-13H,(H2,21,22). The molecule has 0 fully saturated rings. The molecule has 2 N–H and O–H groups in total. The Labute approximate surface area is 139 Å². The van der Waals surface area contributed by atoms with Crippen molar-refractivity contribution < 1.29 is 4.73 Å². The Morgan fingerprint density at radius 1 is 0.833 bits per heavy atom. The fourth-order valence-corrected chi connectivity index (χ4v) is 2.96. The van der Waals surface area contributed by atoms with Crippen molar-refractivity contribution in [3.63, 3.8) is 0 Å². The molecular weight excluding hydrogens is 298 g/mol. The van der Waals surface area contributed by atoms with Crippen LogP contribution in [-0.2, 0) is 0 Å². The van der Waals surface area contributed by atoms with Gasteiger partial charge < -0.3 is 10.9 Å². The highest BCUT2D eigenvalue weighted by atomic mass is 16.5. The molecule has 0 saturated carbocycles. The zero-order valence-electron chi connectivity index (χ0n) is 12.9. The molecule has 0 aliphatic carbocycles. The highest BCUT2D eigenvalue weighted by Gasteiger charge is 2.18. The van der Waals surface area contributed by atoms with E-state index in [1.54, 1.807) is 6.07 Å². The third-order valence-electron chi connectivity index (χ3n) is 4.03. The van der Waals surface area contributed by atoms with Crippen LogP contribution in [-0.4, -0.2) is 4.98 Å². The Kier molecular flexibility index (Phi) is 3.35. The smallest absolute Gasteiger partial charge is 0.250 e. The number of anilines is 1. The van der Waals surface area contributed by atoms with Gasteiger partial charge in [-0.25, -0.2) is 4.98 Å². The van der Waals surface area contributed by atoms with E-state index in [-0.39, 0.29) is 0 Å². The van der Waals surface area contributed by atoms with Gasteiger partial charge in [0, 0.05) is 17.0 Å². The van der Waals surface area contributed by atoms with E-state index in [0.717, 1.165) is 26.8 Å². The number of nitrogens with two attached hydrogens (primary N) is 1. The van der Waals surface area contributed by atoms with Crippen LogP contribution in [0.15, 0.2) is 79.0 Å². The maximum Gasteiger partial charge on any atom is 0.250 e. The zero-order chi connectivity index (χ0) is 16.5. The first-order valence-corrected chi connectivity index (χ1v) is 7.67. The Bertz CT molecular complexity index is 1020. The number of hydrogen-bond acceptors (Lipinski definition) is 3. The summed E-state index contributed by atoms with van der Waals surface area (Å²) in [5.41, 5.74) is 9.98. The molecular formula is C20H15N3O. The lowest BCUT2D eigenvalue weighted by molar-refractivity contribution is -0.592. The van der Waals surface area contributed by atoms with Gasteiger partial charge in [-0.1, -0.05) is 48.5 Å². The molecule has 0 amide bonds. The predicted molar refractivity (Wildman–Crippen MR) is 96.0 cm³/mol. The minimum absolute atomic E-state index is 0.393. The predicted octanol–water partition coefficient (Wildman–Crippen LogP) is 3.78. The Hall–Kier alpha value is -3.40. The lowest BCUT2D eigenvalue weighted by Crippen LogP contribution is -2.29. The first-order chi connectivity index (χ1) is 11.7. The second-order valence-corrected chi connectivity index (χ2v) is 5.58. The van der Waals surface area contributed by atoms with Gasteiger partial charge in [0.15, 0.2) is 6.20 Å². The average Bonchev–Trinajstić information content (AvgIpc) is 2.62. The van der Waals surface area contributed by atoms with Gasteiger partial charge in [-0.3, -0.25) is 0 Å². The second kappa shape index (κ2) is 5.66. The lowest BCUT2D eigenvalue weighted by atomic mass is 9.99. The van der Waals surface area contributed by atoms with E-state index >= 15 is 0 Å².